The molecular weight excluding hydrogens is 452 g/mol. The Morgan fingerprint density at radius 1 is 1.09 bits per heavy atom. The molecule has 0 radical (unpaired) electrons. The second-order valence-electron chi connectivity index (χ2n) is 8.88. The molecule has 0 bridgehead atoms. The van der Waals surface area contributed by atoms with Crippen molar-refractivity contribution < 1.29 is 0 Å². The maximum absolute atomic E-state index is 4.99. The number of anilines is 1. The summed E-state index contributed by atoms with van der Waals surface area (Å²) in [5, 5.41) is 12.2. The van der Waals surface area contributed by atoms with Crippen LogP contribution in [-0.2, 0) is 0 Å². The van der Waals surface area contributed by atoms with Gasteiger partial charge >= 0.3 is 0 Å². The molecule has 0 aliphatic heterocycles. The SMILES string of the molecule is C=C/C=C(/c1ccc(C)s1)c1nc(-c2n[nH]c3ccc(-c4cncc(NC(C)C)c4)cc23)[nH]c1C. The van der Waals surface area contributed by atoms with Gasteiger partial charge in [-0.05, 0) is 63.6 Å². The lowest BCUT2D eigenvalue weighted by atomic mass is 10.0. The molecule has 0 amide bonds. The predicted molar refractivity (Wildman–Crippen MR) is 147 cm³/mol. The minimum Gasteiger partial charge on any atom is -0.382 e. The van der Waals surface area contributed by atoms with Crippen molar-refractivity contribution in [2.24, 2.45) is 0 Å². The maximum Gasteiger partial charge on any atom is 0.159 e. The second-order valence-corrected chi connectivity index (χ2v) is 10.2. The molecule has 0 atom stereocenters. The van der Waals surface area contributed by atoms with Gasteiger partial charge in [0.25, 0.3) is 0 Å². The van der Waals surface area contributed by atoms with Crippen LogP contribution in [0.25, 0.3) is 39.1 Å². The van der Waals surface area contributed by atoms with Gasteiger partial charge in [0, 0.05) is 50.4 Å². The van der Waals surface area contributed by atoms with Crippen molar-refractivity contribution in [3.05, 3.63) is 88.7 Å². The Bertz CT molecular complexity index is 1550. The van der Waals surface area contributed by atoms with E-state index in [1.165, 1.54) is 9.75 Å². The molecule has 0 saturated carbocycles. The zero-order chi connectivity index (χ0) is 24.5. The van der Waals surface area contributed by atoms with Gasteiger partial charge in [0.1, 0.15) is 5.69 Å². The molecule has 7 heteroatoms. The van der Waals surface area contributed by atoms with E-state index in [1.807, 2.05) is 31.5 Å². The monoisotopic (exact) mass is 480 g/mol. The first-order valence-electron chi connectivity index (χ1n) is 11.6. The zero-order valence-corrected chi connectivity index (χ0v) is 21.1. The van der Waals surface area contributed by atoms with Crippen LogP contribution < -0.4 is 5.32 Å². The summed E-state index contributed by atoms with van der Waals surface area (Å²) in [5.74, 6) is 0.734. The fourth-order valence-corrected chi connectivity index (χ4v) is 5.09. The van der Waals surface area contributed by atoms with Crippen LogP contribution >= 0.6 is 11.3 Å². The standard InChI is InChI=1S/C28H28N6S/c1-6-7-22(25-11-8-17(4)35-25)26-18(5)31-28(32-26)27-23-13-19(9-10-24(23)33-34-27)20-12-21(15-29-14-20)30-16(2)3/h6-16,30H,1H2,2-5H3,(H,31,32)(H,33,34)/b22-7-. The quantitative estimate of drug-likeness (QED) is 0.216. The highest BCUT2D eigenvalue weighted by atomic mass is 32.1. The van der Waals surface area contributed by atoms with Gasteiger partial charge in [0.2, 0.25) is 0 Å². The third-order valence-corrected chi connectivity index (χ3v) is 6.78. The largest absolute Gasteiger partial charge is 0.382 e. The molecule has 176 valence electrons. The van der Waals surface area contributed by atoms with Gasteiger partial charge in [-0.25, -0.2) is 4.98 Å². The average molecular weight is 481 g/mol. The van der Waals surface area contributed by atoms with Crippen LogP contribution in [0.3, 0.4) is 0 Å². The number of pyridine rings is 1. The summed E-state index contributed by atoms with van der Waals surface area (Å²) in [5.41, 5.74) is 7.82. The van der Waals surface area contributed by atoms with Crippen molar-refractivity contribution in [3.63, 3.8) is 0 Å². The lowest BCUT2D eigenvalue weighted by molar-refractivity contribution is 0.898. The topological polar surface area (TPSA) is 82.3 Å². The number of hydrogen-bond acceptors (Lipinski definition) is 5. The summed E-state index contributed by atoms with van der Waals surface area (Å²) in [6.07, 6.45) is 7.56. The number of benzene rings is 1. The van der Waals surface area contributed by atoms with E-state index >= 15 is 0 Å². The number of H-pyrrole nitrogens is 2. The molecule has 5 rings (SSSR count). The highest BCUT2D eigenvalue weighted by Gasteiger charge is 2.18. The molecular formula is C28H28N6S. The Morgan fingerprint density at radius 3 is 2.69 bits per heavy atom. The van der Waals surface area contributed by atoms with Crippen LogP contribution in [0.5, 0.6) is 0 Å². The molecule has 4 heterocycles. The summed E-state index contributed by atoms with van der Waals surface area (Å²) in [6.45, 7) is 12.3. The normalized spacial score (nSPS) is 12.0. The number of rotatable bonds is 7. The van der Waals surface area contributed by atoms with Gasteiger partial charge in [-0.2, -0.15) is 5.10 Å². The van der Waals surface area contributed by atoms with Crippen LogP contribution in [0.2, 0.25) is 0 Å². The second kappa shape index (κ2) is 9.35. The van der Waals surface area contributed by atoms with Crippen LogP contribution in [0.1, 0.15) is 35.0 Å². The number of aromatic nitrogens is 5. The highest BCUT2D eigenvalue weighted by molar-refractivity contribution is 7.13. The Labute approximate surface area is 208 Å². The molecule has 0 fully saturated rings. The van der Waals surface area contributed by atoms with E-state index in [2.05, 4.69) is 89.2 Å². The lowest BCUT2D eigenvalue weighted by Crippen LogP contribution is -2.09. The number of imidazole rings is 1. The lowest BCUT2D eigenvalue weighted by Gasteiger charge is -2.11. The van der Waals surface area contributed by atoms with Gasteiger partial charge < -0.3 is 10.3 Å². The van der Waals surface area contributed by atoms with E-state index in [9.17, 15) is 0 Å². The zero-order valence-electron chi connectivity index (χ0n) is 20.3. The molecule has 0 aliphatic carbocycles. The highest BCUT2D eigenvalue weighted by Crippen LogP contribution is 2.34. The Kier molecular flexibility index (Phi) is 6.09. The van der Waals surface area contributed by atoms with E-state index in [0.29, 0.717) is 6.04 Å². The van der Waals surface area contributed by atoms with Crippen LogP contribution in [-0.4, -0.2) is 31.2 Å². The van der Waals surface area contributed by atoms with Gasteiger partial charge in [0.15, 0.2) is 5.82 Å². The summed E-state index contributed by atoms with van der Waals surface area (Å²) in [7, 11) is 0. The number of nitrogens with zero attached hydrogens (tertiary/aromatic N) is 3. The molecule has 5 aromatic rings. The van der Waals surface area contributed by atoms with Crippen molar-refractivity contribution in [3.8, 4) is 22.6 Å². The number of hydrogen-bond donors (Lipinski definition) is 3. The fraction of sp³-hybridized carbons (Fsp3) is 0.179. The third kappa shape index (κ3) is 4.55. The first kappa shape index (κ1) is 22.8. The number of aryl methyl sites for hydroxylation is 2. The van der Waals surface area contributed by atoms with E-state index in [4.69, 9.17) is 4.98 Å². The van der Waals surface area contributed by atoms with E-state index < -0.39 is 0 Å². The minimum atomic E-state index is 0.338. The van der Waals surface area contributed by atoms with E-state index in [1.54, 1.807) is 11.3 Å². The first-order chi connectivity index (χ1) is 16.9. The Morgan fingerprint density at radius 2 is 1.94 bits per heavy atom. The van der Waals surface area contributed by atoms with Crippen molar-refractivity contribution in [1.82, 2.24) is 25.1 Å². The van der Waals surface area contributed by atoms with Gasteiger partial charge in [-0.1, -0.05) is 24.8 Å². The van der Waals surface area contributed by atoms with E-state index in [0.717, 1.165) is 56.2 Å². The van der Waals surface area contributed by atoms with Crippen molar-refractivity contribution >= 4 is 33.5 Å². The summed E-state index contributed by atoms with van der Waals surface area (Å²) < 4.78 is 0. The summed E-state index contributed by atoms with van der Waals surface area (Å²) in [6, 6.07) is 13.0. The number of thiophene rings is 1. The third-order valence-electron chi connectivity index (χ3n) is 5.74. The number of allylic oxidation sites excluding steroid dienone is 2. The molecule has 6 nitrogen and oxygen atoms in total. The van der Waals surface area contributed by atoms with Gasteiger partial charge in [0.05, 0.1) is 16.9 Å². The molecule has 4 aromatic heterocycles. The maximum atomic E-state index is 4.99. The summed E-state index contributed by atoms with van der Waals surface area (Å²) >= 11 is 1.75. The average Bonchev–Trinajstić information content (AvgIpc) is 3.55. The molecule has 1 aromatic carbocycles. The van der Waals surface area contributed by atoms with Crippen LogP contribution in [0, 0.1) is 13.8 Å². The van der Waals surface area contributed by atoms with Gasteiger partial charge in [-0.3, -0.25) is 10.1 Å². The molecule has 0 aliphatic rings. The van der Waals surface area contributed by atoms with E-state index in [-0.39, 0.29) is 0 Å². The molecule has 35 heavy (non-hydrogen) atoms. The summed E-state index contributed by atoms with van der Waals surface area (Å²) in [4.78, 5) is 15.3. The first-order valence-corrected chi connectivity index (χ1v) is 12.4. The fourth-order valence-electron chi connectivity index (χ4n) is 4.19. The van der Waals surface area contributed by atoms with Crippen molar-refractivity contribution in [2.45, 2.75) is 33.7 Å². The van der Waals surface area contributed by atoms with Crippen molar-refractivity contribution in [1.29, 1.82) is 0 Å². The van der Waals surface area contributed by atoms with Crippen LogP contribution in [0.4, 0.5) is 5.69 Å². The Hall–Kier alpha value is -3.97. The van der Waals surface area contributed by atoms with Crippen LogP contribution in [0.15, 0.2) is 67.5 Å². The van der Waals surface area contributed by atoms with Crippen molar-refractivity contribution in [2.75, 3.05) is 5.32 Å². The molecule has 3 N–H and O–H groups in total. The number of nitrogens with one attached hydrogen (secondary N) is 3. The molecule has 0 spiro atoms. The minimum absolute atomic E-state index is 0.338. The number of aromatic amines is 2. The predicted octanol–water partition coefficient (Wildman–Crippen LogP) is 7.13. The number of fused-ring (bicyclic) bond motifs is 1. The van der Waals surface area contributed by atoms with Gasteiger partial charge in [-0.15, -0.1) is 11.3 Å². The molecule has 0 saturated heterocycles. The smallest absolute Gasteiger partial charge is 0.159 e. The molecule has 0 unspecified atom stereocenters. The Balaban J connectivity index is 1.56.